The molecule has 2 N–H and O–H groups in total. The number of para-hydroxylation sites is 1. The van der Waals surface area contributed by atoms with Crippen molar-refractivity contribution in [1.82, 2.24) is 5.32 Å². The Morgan fingerprint density at radius 2 is 2.31 bits per heavy atom. The zero-order chi connectivity index (χ0) is 12.0. The first-order valence-corrected chi connectivity index (χ1v) is 5.27. The fourth-order valence-corrected chi connectivity index (χ4v) is 1.43. The van der Waals surface area contributed by atoms with Crippen molar-refractivity contribution in [2.45, 2.75) is 25.9 Å². The van der Waals surface area contributed by atoms with Gasteiger partial charge in [0.15, 0.2) is 11.5 Å². The van der Waals surface area contributed by atoms with E-state index in [0.717, 1.165) is 12.0 Å². The smallest absolute Gasteiger partial charge is 0.162 e. The summed E-state index contributed by atoms with van der Waals surface area (Å²) in [7, 11) is 1.53. The van der Waals surface area contributed by atoms with Gasteiger partial charge < -0.3 is 9.84 Å². The number of aromatic hydroxyl groups is 1. The predicted molar refractivity (Wildman–Crippen MR) is 64.4 cm³/mol. The molecule has 1 unspecified atom stereocenters. The van der Waals surface area contributed by atoms with Crippen molar-refractivity contribution < 1.29 is 9.84 Å². The molecule has 0 heterocycles. The van der Waals surface area contributed by atoms with Crippen LogP contribution in [0.2, 0.25) is 0 Å². The molecule has 0 radical (unpaired) electrons. The molecule has 1 aromatic rings. The fraction of sp³-hybridized carbons (Fsp3) is 0.385. The zero-order valence-corrected chi connectivity index (χ0v) is 9.66. The molecule has 1 rings (SSSR count). The van der Waals surface area contributed by atoms with Crippen molar-refractivity contribution in [1.29, 1.82) is 0 Å². The molecule has 0 saturated heterocycles. The Kier molecular flexibility index (Phi) is 4.68. The van der Waals surface area contributed by atoms with Crippen LogP contribution < -0.4 is 10.1 Å². The van der Waals surface area contributed by atoms with E-state index in [4.69, 9.17) is 11.2 Å². The average molecular weight is 219 g/mol. The van der Waals surface area contributed by atoms with Crippen molar-refractivity contribution in [3.05, 3.63) is 23.8 Å². The van der Waals surface area contributed by atoms with E-state index >= 15 is 0 Å². The number of hydrogen-bond acceptors (Lipinski definition) is 3. The molecule has 86 valence electrons. The topological polar surface area (TPSA) is 41.5 Å². The first-order chi connectivity index (χ1) is 7.72. The molecular formula is C13H17NO2. The highest BCUT2D eigenvalue weighted by atomic mass is 16.5. The summed E-state index contributed by atoms with van der Waals surface area (Å²) in [5, 5.41) is 13.0. The van der Waals surface area contributed by atoms with Crippen LogP contribution in [0.5, 0.6) is 11.5 Å². The van der Waals surface area contributed by atoms with E-state index in [-0.39, 0.29) is 11.8 Å². The summed E-state index contributed by atoms with van der Waals surface area (Å²) in [6, 6.07) is 5.43. The number of methoxy groups -OCH3 is 1. The van der Waals surface area contributed by atoms with Crippen LogP contribution in [0.1, 0.15) is 18.9 Å². The van der Waals surface area contributed by atoms with Crippen molar-refractivity contribution in [2.24, 2.45) is 0 Å². The van der Waals surface area contributed by atoms with E-state index in [2.05, 4.69) is 11.2 Å². The molecule has 0 saturated carbocycles. The molecule has 1 atom stereocenters. The molecule has 0 amide bonds. The standard InChI is InChI=1S/C13H17NO2/c1-4-11(5-2)14-9-10-7-6-8-12(16-3)13(10)15/h1,6-8,11,14-15H,5,9H2,2-3H3. The Bertz CT molecular complexity index is 382. The number of benzene rings is 1. The summed E-state index contributed by atoms with van der Waals surface area (Å²) in [6.07, 6.45) is 6.20. The van der Waals surface area contributed by atoms with Gasteiger partial charge in [0.2, 0.25) is 0 Å². The van der Waals surface area contributed by atoms with Gasteiger partial charge in [0, 0.05) is 12.1 Å². The maximum absolute atomic E-state index is 9.83. The second kappa shape index (κ2) is 6.04. The fourth-order valence-electron chi connectivity index (χ4n) is 1.43. The average Bonchev–Trinajstić information content (AvgIpc) is 2.32. The van der Waals surface area contributed by atoms with E-state index in [1.165, 1.54) is 7.11 Å². The number of phenols is 1. The van der Waals surface area contributed by atoms with E-state index in [1.807, 2.05) is 19.1 Å². The van der Waals surface area contributed by atoms with Gasteiger partial charge in [-0.1, -0.05) is 25.0 Å². The van der Waals surface area contributed by atoms with Crippen LogP contribution in [0.4, 0.5) is 0 Å². The van der Waals surface area contributed by atoms with Crippen LogP contribution in [0.25, 0.3) is 0 Å². The minimum atomic E-state index is 0.0330. The lowest BCUT2D eigenvalue weighted by molar-refractivity contribution is 0.369. The van der Waals surface area contributed by atoms with E-state index in [1.54, 1.807) is 6.07 Å². The molecule has 16 heavy (non-hydrogen) atoms. The summed E-state index contributed by atoms with van der Waals surface area (Å²) in [5.41, 5.74) is 0.785. The van der Waals surface area contributed by atoms with Gasteiger partial charge in [0.25, 0.3) is 0 Å². The molecule has 3 nitrogen and oxygen atoms in total. The number of phenolic OH excluding ortho intramolecular Hbond substituents is 1. The van der Waals surface area contributed by atoms with Crippen molar-refractivity contribution in [3.8, 4) is 23.8 Å². The molecule has 0 aliphatic heterocycles. The van der Waals surface area contributed by atoms with Crippen LogP contribution in [-0.2, 0) is 6.54 Å². The van der Waals surface area contributed by atoms with Gasteiger partial charge in [-0.15, -0.1) is 6.42 Å². The predicted octanol–water partition coefficient (Wildman–Crippen LogP) is 1.90. The quantitative estimate of drug-likeness (QED) is 0.743. The Hall–Kier alpha value is -1.66. The van der Waals surface area contributed by atoms with E-state index < -0.39 is 0 Å². The molecule has 0 spiro atoms. The van der Waals surface area contributed by atoms with Gasteiger partial charge in [-0.05, 0) is 12.5 Å². The number of rotatable bonds is 5. The Labute approximate surface area is 96.4 Å². The maximum Gasteiger partial charge on any atom is 0.162 e. The first kappa shape index (κ1) is 12.4. The van der Waals surface area contributed by atoms with Crippen LogP contribution in [-0.4, -0.2) is 18.3 Å². The molecule has 1 aromatic carbocycles. The van der Waals surface area contributed by atoms with Crippen LogP contribution in [0.3, 0.4) is 0 Å². The Balaban J connectivity index is 2.71. The number of nitrogens with one attached hydrogen (secondary N) is 1. The highest BCUT2D eigenvalue weighted by Gasteiger charge is 2.08. The minimum Gasteiger partial charge on any atom is -0.504 e. The van der Waals surface area contributed by atoms with Crippen LogP contribution >= 0.6 is 0 Å². The van der Waals surface area contributed by atoms with Gasteiger partial charge in [0.05, 0.1) is 13.2 Å². The molecular weight excluding hydrogens is 202 g/mol. The molecule has 3 heteroatoms. The summed E-state index contributed by atoms with van der Waals surface area (Å²) < 4.78 is 5.03. The second-order valence-corrected chi connectivity index (χ2v) is 3.48. The van der Waals surface area contributed by atoms with Crippen molar-refractivity contribution in [2.75, 3.05) is 7.11 Å². The SMILES string of the molecule is C#CC(CC)NCc1cccc(OC)c1O. The van der Waals surface area contributed by atoms with Crippen LogP contribution in [0, 0.1) is 12.3 Å². The Morgan fingerprint density at radius 3 is 2.88 bits per heavy atom. The van der Waals surface area contributed by atoms with Crippen molar-refractivity contribution >= 4 is 0 Å². The lowest BCUT2D eigenvalue weighted by Gasteiger charge is -2.12. The molecule has 0 bridgehead atoms. The molecule has 0 fully saturated rings. The van der Waals surface area contributed by atoms with Gasteiger partial charge in [-0.3, -0.25) is 5.32 Å². The van der Waals surface area contributed by atoms with Crippen LogP contribution in [0.15, 0.2) is 18.2 Å². The normalized spacial score (nSPS) is 11.8. The zero-order valence-electron chi connectivity index (χ0n) is 9.66. The third kappa shape index (κ3) is 2.91. The number of hydrogen-bond donors (Lipinski definition) is 2. The second-order valence-electron chi connectivity index (χ2n) is 3.48. The first-order valence-electron chi connectivity index (χ1n) is 5.27. The lowest BCUT2D eigenvalue weighted by atomic mass is 10.1. The molecule has 0 aliphatic carbocycles. The van der Waals surface area contributed by atoms with E-state index in [9.17, 15) is 5.11 Å². The largest absolute Gasteiger partial charge is 0.504 e. The van der Waals surface area contributed by atoms with Gasteiger partial charge in [-0.2, -0.15) is 0 Å². The maximum atomic E-state index is 9.83. The van der Waals surface area contributed by atoms with E-state index in [0.29, 0.717) is 12.3 Å². The minimum absolute atomic E-state index is 0.0330. The van der Waals surface area contributed by atoms with Gasteiger partial charge >= 0.3 is 0 Å². The summed E-state index contributed by atoms with van der Waals surface area (Å²) in [6.45, 7) is 2.55. The third-order valence-corrected chi connectivity index (χ3v) is 2.45. The summed E-state index contributed by atoms with van der Waals surface area (Å²) in [5.74, 6) is 3.30. The highest BCUT2D eigenvalue weighted by molar-refractivity contribution is 5.45. The Morgan fingerprint density at radius 1 is 1.56 bits per heavy atom. The van der Waals surface area contributed by atoms with Gasteiger partial charge in [-0.25, -0.2) is 0 Å². The molecule has 0 aliphatic rings. The highest BCUT2D eigenvalue weighted by Crippen LogP contribution is 2.29. The van der Waals surface area contributed by atoms with Gasteiger partial charge in [0.1, 0.15) is 0 Å². The number of ether oxygens (including phenoxy) is 1. The van der Waals surface area contributed by atoms with Crippen molar-refractivity contribution in [3.63, 3.8) is 0 Å². The summed E-state index contributed by atoms with van der Waals surface area (Å²) in [4.78, 5) is 0. The summed E-state index contributed by atoms with van der Waals surface area (Å²) >= 11 is 0. The third-order valence-electron chi connectivity index (χ3n) is 2.45. The number of terminal acetylenes is 1. The lowest BCUT2D eigenvalue weighted by Crippen LogP contribution is -2.26. The monoisotopic (exact) mass is 219 g/mol. The molecule has 0 aromatic heterocycles.